The first-order valence-corrected chi connectivity index (χ1v) is 12.1. The van der Waals surface area contributed by atoms with E-state index in [0.29, 0.717) is 22.9 Å². The van der Waals surface area contributed by atoms with Crippen molar-refractivity contribution in [3.05, 3.63) is 52.0 Å². The van der Waals surface area contributed by atoms with E-state index in [1.807, 2.05) is 19.9 Å². The molecule has 3 rings (SSSR count). The Morgan fingerprint density at radius 3 is 2.55 bits per heavy atom. The quantitative estimate of drug-likeness (QED) is 0.661. The Hall–Kier alpha value is -2.16. The number of amides is 1. The van der Waals surface area contributed by atoms with Gasteiger partial charge in [0.25, 0.3) is 0 Å². The second-order valence-electron chi connectivity index (χ2n) is 7.96. The molecule has 1 heterocycles. The molecule has 168 valence electrons. The van der Waals surface area contributed by atoms with Crippen LogP contribution in [-0.2, 0) is 14.8 Å². The highest BCUT2D eigenvalue weighted by atomic mass is 35.5. The zero-order chi connectivity index (χ0) is 23.0. The van der Waals surface area contributed by atoms with Gasteiger partial charge in [-0.2, -0.15) is 0 Å². The minimum absolute atomic E-state index is 0.195. The van der Waals surface area contributed by atoms with Crippen LogP contribution in [0.1, 0.15) is 31.9 Å². The summed E-state index contributed by atoms with van der Waals surface area (Å²) in [5, 5.41) is 3.43. The Bertz CT molecular complexity index is 1100. The fourth-order valence-corrected chi connectivity index (χ4v) is 4.64. The van der Waals surface area contributed by atoms with E-state index in [1.165, 1.54) is 18.2 Å². The maximum atomic E-state index is 12.9. The molecule has 0 fully saturated rings. The number of hydrogen-bond acceptors (Lipinski definition) is 5. The van der Waals surface area contributed by atoms with Crippen LogP contribution in [0.2, 0.25) is 10.0 Å². The first-order chi connectivity index (χ1) is 14.4. The number of carbonyl (C=O) groups excluding carboxylic acids is 1. The zero-order valence-corrected chi connectivity index (χ0v) is 19.9. The van der Waals surface area contributed by atoms with Gasteiger partial charge >= 0.3 is 0 Å². The van der Waals surface area contributed by atoms with Crippen molar-refractivity contribution < 1.29 is 22.7 Å². The van der Waals surface area contributed by atoms with Crippen LogP contribution in [0, 0.1) is 0 Å². The van der Waals surface area contributed by atoms with Gasteiger partial charge < -0.3 is 14.8 Å². The molecule has 1 amide bonds. The van der Waals surface area contributed by atoms with Crippen molar-refractivity contribution in [1.82, 2.24) is 5.32 Å². The second kappa shape index (κ2) is 8.76. The summed E-state index contributed by atoms with van der Waals surface area (Å²) in [5.41, 5.74) is 0.508. The molecule has 2 aromatic carbocycles. The molecule has 0 aromatic heterocycles. The topological polar surface area (TPSA) is 84.9 Å². The summed E-state index contributed by atoms with van der Waals surface area (Å²) < 4.78 is 37.0. The number of hydrogen-bond donors (Lipinski definition) is 1. The number of carbonyl (C=O) groups is 1. The first kappa shape index (κ1) is 23.5. The van der Waals surface area contributed by atoms with Gasteiger partial charge in [-0.3, -0.25) is 9.10 Å². The monoisotopic (exact) mass is 486 g/mol. The van der Waals surface area contributed by atoms with Crippen LogP contribution >= 0.6 is 23.2 Å². The van der Waals surface area contributed by atoms with Gasteiger partial charge in [-0.25, -0.2) is 8.42 Å². The highest BCUT2D eigenvalue weighted by Crippen LogP contribution is 2.41. The molecule has 2 aromatic rings. The molecule has 0 spiro atoms. The summed E-state index contributed by atoms with van der Waals surface area (Å²) in [6.45, 7) is 3.45. The number of halogens is 2. The molecule has 1 aliphatic rings. The van der Waals surface area contributed by atoms with E-state index in [2.05, 4.69) is 5.32 Å². The lowest BCUT2D eigenvalue weighted by molar-refractivity contribution is -0.120. The van der Waals surface area contributed by atoms with Crippen LogP contribution in [0.4, 0.5) is 5.69 Å². The van der Waals surface area contributed by atoms with Gasteiger partial charge in [-0.15, -0.1) is 0 Å². The van der Waals surface area contributed by atoms with Crippen LogP contribution in [0.3, 0.4) is 0 Å². The largest absolute Gasteiger partial charge is 0.497 e. The minimum Gasteiger partial charge on any atom is -0.497 e. The van der Waals surface area contributed by atoms with Gasteiger partial charge in [-0.1, -0.05) is 23.2 Å². The third kappa shape index (κ3) is 5.56. The maximum absolute atomic E-state index is 12.9. The molecule has 0 bridgehead atoms. The lowest BCUT2D eigenvalue weighted by atomic mass is 9.89. The summed E-state index contributed by atoms with van der Waals surface area (Å²) >= 11 is 12.0. The molecule has 7 nitrogen and oxygen atoms in total. The molecule has 1 aliphatic heterocycles. The molecule has 0 saturated heterocycles. The molecule has 0 saturated carbocycles. The van der Waals surface area contributed by atoms with Gasteiger partial charge in [0.15, 0.2) is 0 Å². The van der Waals surface area contributed by atoms with Gasteiger partial charge in [-0.05, 0) is 50.2 Å². The average Bonchev–Trinajstić information content (AvgIpc) is 2.66. The Labute approximate surface area is 192 Å². The standard InChI is InChI=1S/C21H24Cl2N2O5S/c1-21(2)11-18(15-10-14(29-3)6-8-19(15)30-21)24-20(26)12-25(31(4,27)28)13-5-7-16(22)17(23)9-13/h5-10,18H,11-12H2,1-4H3,(H,24,26). The lowest BCUT2D eigenvalue weighted by Gasteiger charge is -2.38. The highest BCUT2D eigenvalue weighted by Gasteiger charge is 2.35. The van der Waals surface area contributed by atoms with Crippen molar-refractivity contribution in [2.45, 2.75) is 31.9 Å². The number of nitrogens with zero attached hydrogens (tertiary/aromatic N) is 1. The van der Waals surface area contributed by atoms with E-state index in [1.54, 1.807) is 19.2 Å². The molecule has 1 atom stereocenters. The fraction of sp³-hybridized carbons (Fsp3) is 0.381. The van der Waals surface area contributed by atoms with E-state index in [0.717, 1.165) is 16.1 Å². The highest BCUT2D eigenvalue weighted by molar-refractivity contribution is 7.92. The Morgan fingerprint density at radius 2 is 1.94 bits per heavy atom. The number of rotatable bonds is 6. The van der Waals surface area contributed by atoms with E-state index < -0.39 is 28.1 Å². The smallest absolute Gasteiger partial charge is 0.241 e. The lowest BCUT2D eigenvalue weighted by Crippen LogP contribution is -2.45. The number of anilines is 1. The van der Waals surface area contributed by atoms with Crippen LogP contribution in [-0.4, -0.2) is 39.8 Å². The number of ether oxygens (including phenoxy) is 2. The van der Waals surface area contributed by atoms with Crippen molar-refractivity contribution in [2.75, 3.05) is 24.2 Å². The molecule has 0 radical (unpaired) electrons. The second-order valence-corrected chi connectivity index (χ2v) is 10.7. The van der Waals surface area contributed by atoms with Crippen LogP contribution < -0.4 is 19.1 Å². The van der Waals surface area contributed by atoms with Crippen LogP contribution in [0.25, 0.3) is 0 Å². The Balaban J connectivity index is 1.86. The summed E-state index contributed by atoms with van der Waals surface area (Å²) in [7, 11) is -2.19. The Morgan fingerprint density at radius 1 is 1.23 bits per heavy atom. The van der Waals surface area contributed by atoms with Crippen molar-refractivity contribution in [1.29, 1.82) is 0 Å². The molecular weight excluding hydrogens is 463 g/mol. The summed E-state index contributed by atoms with van der Waals surface area (Å²) in [5.74, 6) is 0.814. The number of fused-ring (bicyclic) bond motifs is 1. The van der Waals surface area contributed by atoms with E-state index in [9.17, 15) is 13.2 Å². The third-order valence-electron chi connectivity index (χ3n) is 4.89. The van der Waals surface area contributed by atoms with E-state index in [-0.39, 0.29) is 16.8 Å². The van der Waals surface area contributed by atoms with E-state index >= 15 is 0 Å². The average molecular weight is 487 g/mol. The van der Waals surface area contributed by atoms with Gasteiger partial charge in [0.2, 0.25) is 15.9 Å². The fourth-order valence-electron chi connectivity index (χ4n) is 3.50. The molecule has 0 aliphatic carbocycles. The minimum atomic E-state index is -3.75. The SMILES string of the molecule is COc1ccc2c(c1)C(NC(=O)CN(c1ccc(Cl)c(Cl)c1)S(C)(=O)=O)CC(C)(C)O2. The summed E-state index contributed by atoms with van der Waals surface area (Å²) in [6, 6.07) is 9.41. The molecule has 10 heteroatoms. The number of benzene rings is 2. The first-order valence-electron chi connectivity index (χ1n) is 9.49. The van der Waals surface area contributed by atoms with Gasteiger partial charge in [0, 0.05) is 12.0 Å². The van der Waals surface area contributed by atoms with Gasteiger partial charge in [0.05, 0.1) is 35.1 Å². The predicted molar refractivity (Wildman–Crippen MR) is 122 cm³/mol. The normalized spacial score (nSPS) is 17.3. The molecule has 1 unspecified atom stereocenters. The molecule has 31 heavy (non-hydrogen) atoms. The summed E-state index contributed by atoms with van der Waals surface area (Å²) in [4.78, 5) is 12.9. The van der Waals surface area contributed by atoms with Crippen LogP contribution in [0.5, 0.6) is 11.5 Å². The molecular formula is C21H24Cl2N2O5S. The van der Waals surface area contributed by atoms with Crippen molar-refractivity contribution in [3.8, 4) is 11.5 Å². The summed E-state index contributed by atoms with van der Waals surface area (Å²) in [6.07, 6.45) is 1.53. The van der Waals surface area contributed by atoms with Crippen molar-refractivity contribution in [2.24, 2.45) is 0 Å². The number of methoxy groups -OCH3 is 1. The number of sulfonamides is 1. The predicted octanol–water partition coefficient (Wildman–Crippen LogP) is 4.19. The van der Waals surface area contributed by atoms with Gasteiger partial charge in [0.1, 0.15) is 23.6 Å². The van der Waals surface area contributed by atoms with E-state index in [4.69, 9.17) is 32.7 Å². The number of nitrogens with one attached hydrogen (secondary N) is 1. The third-order valence-corrected chi connectivity index (χ3v) is 6.77. The van der Waals surface area contributed by atoms with Crippen LogP contribution in [0.15, 0.2) is 36.4 Å². The maximum Gasteiger partial charge on any atom is 0.241 e. The van der Waals surface area contributed by atoms with Crippen molar-refractivity contribution >= 4 is 44.8 Å². The molecule has 1 N–H and O–H groups in total. The zero-order valence-electron chi connectivity index (χ0n) is 17.6. The Kier molecular flexibility index (Phi) is 6.64. The van der Waals surface area contributed by atoms with Crippen molar-refractivity contribution in [3.63, 3.8) is 0 Å².